The molecule has 1 aliphatic heterocycles. The first-order chi connectivity index (χ1) is 8.58. The molecule has 0 aromatic heterocycles. The van der Waals surface area contributed by atoms with E-state index in [-0.39, 0.29) is 0 Å². The van der Waals surface area contributed by atoms with Crippen LogP contribution < -0.4 is 0 Å². The van der Waals surface area contributed by atoms with Crippen LogP contribution in [0.4, 0.5) is 0 Å². The van der Waals surface area contributed by atoms with Crippen molar-refractivity contribution in [3.63, 3.8) is 0 Å². The van der Waals surface area contributed by atoms with E-state index in [0.29, 0.717) is 6.04 Å². The van der Waals surface area contributed by atoms with E-state index >= 15 is 0 Å². The van der Waals surface area contributed by atoms with Gasteiger partial charge in [0.1, 0.15) is 0 Å². The highest BCUT2D eigenvalue weighted by Gasteiger charge is 2.24. The maximum Gasteiger partial charge on any atom is 0.0319 e. The van der Waals surface area contributed by atoms with Crippen molar-refractivity contribution in [1.82, 2.24) is 4.90 Å². The van der Waals surface area contributed by atoms with Gasteiger partial charge in [0.05, 0.1) is 0 Å². The Morgan fingerprint density at radius 1 is 1.11 bits per heavy atom. The van der Waals surface area contributed by atoms with Crippen LogP contribution in [0.15, 0.2) is 24.3 Å². The van der Waals surface area contributed by atoms with Gasteiger partial charge in [0.15, 0.2) is 0 Å². The molecule has 1 heterocycles. The van der Waals surface area contributed by atoms with Crippen molar-refractivity contribution in [3.8, 4) is 0 Å². The van der Waals surface area contributed by atoms with E-state index in [2.05, 4.69) is 56.9 Å². The number of likely N-dealkylation sites (tertiary alicyclic amines) is 1. The van der Waals surface area contributed by atoms with E-state index < -0.39 is 0 Å². The molecule has 1 aliphatic rings. The lowest BCUT2D eigenvalue weighted by Gasteiger charge is -2.37. The minimum absolute atomic E-state index is 0.568. The number of piperidine rings is 1. The Labute approximate surface area is 112 Å². The molecule has 0 bridgehead atoms. The van der Waals surface area contributed by atoms with Crippen LogP contribution in [-0.2, 0) is 0 Å². The molecule has 1 aromatic carbocycles. The van der Waals surface area contributed by atoms with E-state index in [4.69, 9.17) is 0 Å². The van der Waals surface area contributed by atoms with E-state index in [0.717, 1.165) is 11.8 Å². The van der Waals surface area contributed by atoms with Crippen LogP contribution in [0.2, 0.25) is 0 Å². The molecule has 100 valence electrons. The van der Waals surface area contributed by atoms with Gasteiger partial charge in [0.25, 0.3) is 0 Å². The Balaban J connectivity index is 1.97. The zero-order chi connectivity index (χ0) is 13.1. The average Bonchev–Trinajstić information content (AvgIpc) is 2.38. The van der Waals surface area contributed by atoms with Crippen molar-refractivity contribution in [3.05, 3.63) is 35.4 Å². The summed E-state index contributed by atoms with van der Waals surface area (Å²) in [5, 5.41) is 0. The average molecular weight is 245 g/mol. The third-order valence-corrected chi connectivity index (χ3v) is 4.59. The standard InChI is InChI=1S/C17H27N/c1-13(2)16-8-10-18(11-9-16)15(4)17-7-5-6-14(3)12-17/h5-7,12-13,15-16H,8-11H2,1-4H3. The third-order valence-electron chi connectivity index (χ3n) is 4.59. The van der Waals surface area contributed by atoms with Gasteiger partial charge in [-0.15, -0.1) is 0 Å². The quantitative estimate of drug-likeness (QED) is 0.761. The Morgan fingerprint density at radius 2 is 1.78 bits per heavy atom. The molecule has 0 spiro atoms. The Kier molecular flexibility index (Phi) is 4.45. The maximum atomic E-state index is 2.65. The van der Waals surface area contributed by atoms with Crippen LogP contribution >= 0.6 is 0 Å². The van der Waals surface area contributed by atoms with E-state index in [1.54, 1.807) is 0 Å². The number of rotatable bonds is 3. The summed E-state index contributed by atoms with van der Waals surface area (Å²) < 4.78 is 0. The molecule has 1 saturated heterocycles. The largest absolute Gasteiger partial charge is 0.297 e. The monoisotopic (exact) mass is 245 g/mol. The molecule has 0 N–H and O–H groups in total. The second-order valence-electron chi connectivity index (χ2n) is 6.21. The molecule has 1 atom stereocenters. The number of hydrogen-bond acceptors (Lipinski definition) is 1. The molecule has 0 aliphatic carbocycles. The fraction of sp³-hybridized carbons (Fsp3) is 0.647. The van der Waals surface area contributed by atoms with Crippen LogP contribution in [-0.4, -0.2) is 18.0 Å². The van der Waals surface area contributed by atoms with Gasteiger partial charge >= 0.3 is 0 Å². The predicted octanol–water partition coefficient (Wildman–Crippen LogP) is 4.42. The first kappa shape index (κ1) is 13.6. The van der Waals surface area contributed by atoms with Crippen molar-refractivity contribution >= 4 is 0 Å². The maximum absolute atomic E-state index is 2.65. The molecule has 1 aromatic rings. The normalized spacial score (nSPS) is 20.3. The van der Waals surface area contributed by atoms with Gasteiger partial charge in [-0.3, -0.25) is 4.90 Å². The molecule has 0 radical (unpaired) electrons. The molecule has 0 saturated carbocycles. The lowest BCUT2D eigenvalue weighted by Crippen LogP contribution is -2.36. The van der Waals surface area contributed by atoms with Gasteiger partial charge in [-0.25, -0.2) is 0 Å². The summed E-state index contributed by atoms with van der Waals surface area (Å²) in [5.74, 6) is 1.78. The van der Waals surface area contributed by atoms with Gasteiger partial charge in [0, 0.05) is 6.04 Å². The van der Waals surface area contributed by atoms with Crippen LogP contribution in [0.1, 0.15) is 50.8 Å². The Bertz CT molecular complexity index is 375. The molecule has 1 unspecified atom stereocenters. The van der Waals surface area contributed by atoms with E-state index in [9.17, 15) is 0 Å². The lowest BCUT2D eigenvalue weighted by atomic mass is 9.86. The molecule has 0 amide bonds. The Hall–Kier alpha value is -0.820. The van der Waals surface area contributed by atoms with Crippen molar-refractivity contribution in [1.29, 1.82) is 0 Å². The fourth-order valence-corrected chi connectivity index (χ4v) is 3.11. The first-order valence-electron chi connectivity index (χ1n) is 7.38. The number of aryl methyl sites for hydroxylation is 1. The molecule has 1 nitrogen and oxygen atoms in total. The molecular formula is C17H27N. The van der Waals surface area contributed by atoms with Crippen molar-refractivity contribution < 1.29 is 0 Å². The van der Waals surface area contributed by atoms with E-state index in [1.165, 1.54) is 37.1 Å². The summed E-state index contributed by atoms with van der Waals surface area (Å²) in [7, 11) is 0. The molecule has 1 heteroatoms. The summed E-state index contributed by atoms with van der Waals surface area (Å²) in [6.07, 6.45) is 2.74. The predicted molar refractivity (Wildman–Crippen MR) is 78.7 cm³/mol. The SMILES string of the molecule is Cc1cccc(C(C)N2CCC(C(C)C)CC2)c1. The van der Waals surface area contributed by atoms with Crippen LogP contribution in [0.5, 0.6) is 0 Å². The third kappa shape index (κ3) is 3.14. The smallest absolute Gasteiger partial charge is 0.0319 e. The van der Waals surface area contributed by atoms with Gasteiger partial charge in [-0.05, 0) is 57.2 Å². The highest BCUT2D eigenvalue weighted by Crippen LogP contribution is 2.30. The lowest BCUT2D eigenvalue weighted by molar-refractivity contribution is 0.122. The number of nitrogens with zero attached hydrogens (tertiary/aromatic N) is 1. The van der Waals surface area contributed by atoms with Crippen molar-refractivity contribution in [2.45, 2.75) is 46.6 Å². The minimum Gasteiger partial charge on any atom is -0.297 e. The van der Waals surface area contributed by atoms with Crippen molar-refractivity contribution in [2.75, 3.05) is 13.1 Å². The summed E-state index contributed by atoms with van der Waals surface area (Å²) in [6, 6.07) is 9.53. The zero-order valence-electron chi connectivity index (χ0n) is 12.3. The van der Waals surface area contributed by atoms with Crippen LogP contribution in [0, 0.1) is 18.8 Å². The number of benzene rings is 1. The second kappa shape index (κ2) is 5.88. The van der Waals surface area contributed by atoms with Crippen LogP contribution in [0.3, 0.4) is 0 Å². The van der Waals surface area contributed by atoms with Gasteiger partial charge in [-0.2, -0.15) is 0 Å². The number of hydrogen-bond donors (Lipinski definition) is 0. The van der Waals surface area contributed by atoms with Gasteiger partial charge < -0.3 is 0 Å². The highest BCUT2D eigenvalue weighted by molar-refractivity contribution is 5.24. The van der Waals surface area contributed by atoms with Crippen molar-refractivity contribution in [2.24, 2.45) is 11.8 Å². The minimum atomic E-state index is 0.568. The van der Waals surface area contributed by atoms with Gasteiger partial charge in [-0.1, -0.05) is 43.7 Å². The summed E-state index contributed by atoms with van der Waals surface area (Å²) in [4.78, 5) is 2.65. The molecule has 1 fully saturated rings. The first-order valence-corrected chi connectivity index (χ1v) is 7.38. The van der Waals surface area contributed by atoms with Crippen LogP contribution in [0.25, 0.3) is 0 Å². The summed E-state index contributed by atoms with van der Waals surface area (Å²) in [5.41, 5.74) is 2.84. The second-order valence-corrected chi connectivity index (χ2v) is 6.21. The summed E-state index contributed by atoms with van der Waals surface area (Å²) in [6.45, 7) is 11.8. The van der Waals surface area contributed by atoms with Gasteiger partial charge in [0.2, 0.25) is 0 Å². The Morgan fingerprint density at radius 3 is 2.33 bits per heavy atom. The van der Waals surface area contributed by atoms with E-state index in [1.807, 2.05) is 0 Å². The molecular weight excluding hydrogens is 218 g/mol. The molecule has 18 heavy (non-hydrogen) atoms. The fourth-order valence-electron chi connectivity index (χ4n) is 3.11. The zero-order valence-corrected chi connectivity index (χ0v) is 12.3. The summed E-state index contributed by atoms with van der Waals surface area (Å²) >= 11 is 0. The topological polar surface area (TPSA) is 3.24 Å². The highest BCUT2D eigenvalue weighted by atomic mass is 15.2. The molecule has 2 rings (SSSR count).